The Labute approximate surface area is 342 Å². The molecule has 4 aromatic rings. The second-order valence-electron chi connectivity index (χ2n) is 15.3. The predicted octanol–water partition coefficient (Wildman–Crippen LogP) is 6.76. The number of ketones is 1. The molecule has 6 rings (SSSR count). The van der Waals surface area contributed by atoms with Crippen LogP contribution in [0.3, 0.4) is 0 Å². The summed E-state index contributed by atoms with van der Waals surface area (Å²) in [7, 11) is 1.44. The second kappa shape index (κ2) is 16.3. The summed E-state index contributed by atoms with van der Waals surface area (Å²) < 4.78 is 30.7. The number of ether oxygens (including phenoxy) is 4. The van der Waals surface area contributed by atoms with E-state index >= 15 is 0 Å². The maximum Gasteiger partial charge on any atom is 0.312 e. The molecule has 3 aromatic carbocycles. The lowest BCUT2D eigenvalue weighted by molar-refractivity contribution is -0.160. The van der Waals surface area contributed by atoms with E-state index in [9.17, 15) is 34.5 Å². The van der Waals surface area contributed by atoms with Gasteiger partial charge in [-0.05, 0) is 38.1 Å². The molecule has 1 amide bonds. The second-order valence-corrected chi connectivity index (χ2v) is 16.3. The number of methoxy groups -OCH3 is 1. The van der Waals surface area contributed by atoms with Gasteiger partial charge in [0.1, 0.15) is 28.6 Å². The van der Waals surface area contributed by atoms with Gasteiger partial charge in [0.2, 0.25) is 0 Å². The fourth-order valence-electron chi connectivity index (χ4n) is 7.78. The number of phenolic OH excluding ortho intramolecular Hbond substituents is 1. The SMILES string of the molecule is CO[C@H]1/C=C/O[C@@]2(C)Oc3c(C)c(=O)c4c(O)c(c5oc6ccc(Br)cc6nc5c4c3C2=O)NC(=O)/C(C)=C\C=C\[C@H](C)[C@H](O)[C@@H](C)[C@@H](O)[C@@H](C)[C@H](OC(C)=O)[C@@H]1C. The first-order valence-corrected chi connectivity index (χ1v) is 19.7. The average Bonchev–Trinajstić information content (AvgIpc) is 3.45. The lowest BCUT2D eigenvalue weighted by Gasteiger charge is -2.38. The number of aliphatic hydroxyl groups is 2. The number of anilines is 1. The lowest BCUT2D eigenvalue weighted by atomic mass is 9.78. The highest BCUT2D eigenvalue weighted by Gasteiger charge is 2.49. The van der Waals surface area contributed by atoms with Crippen LogP contribution in [0, 0.1) is 30.6 Å². The van der Waals surface area contributed by atoms with E-state index in [0.717, 1.165) is 0 Å². The number of aromatic nitrogens is 1. The Balaban J connectivity index is 1.59. The van der Waals surface area contributed by atoms with Gasteiger partial charge in [-0.1, -0.05) is 61.9 Å². The molecule has 2 aliphatic heterocycles. The molecule has 308 valence electrons. The number of fused-ring (bicyclic) bond motifs is 2. The Morgan fingerprint density at radius 1 is 1.00 bits per heavy atom. The van der Waals surface area contributed by atoms with Crippen LogP contribution >= 0.6 is 15.9 Å². The number of nitrogens with zero attached hydrogens (tertiary/aromatic N) is 1. The van der Waals surface area contributed by atoms with Crippen molar-refractivity contribution in [1.82, 2.24) is 4.98 Å². The zero-order valence-electron chi connectivity index (χ0n) is 33.6. The van der Waals surface area contributed by atoms with E-state index in [-0.39, 0.29) is 55.6 Å². The van der Waals surface area contributed by atoms with Crippen LogP contribution in [0.1, 0.15) is 64.4 Å². The third-order valence-corrected chi connectivity index (χ3v) is 11.8. The van der Waals surface area contributed by atoms with E-state index < -0.39 is 82.7 Å². The summed E-state index contributed by atoms with van der Waals surface area (Å²) in [5.41, 5.74) is -0.337. The Morgan fingerprint density at radius 2 is 1.71 bits per heavy atom. The van der Waals surface area contributed by atoms with E-state index in [4.69, 9.17) is 28.3 Å². The number of aliphatic hydroxyl groups excluding tert-OH is 2. The third-order valence-electron chi connectivity index (χ3n) is 11.3. The number of benzene rings is 3. The number of esters is 1. The minimum absolute atomic E-state index is 0.00279. The number of hydrogen-bond donors (Lipinski definition) is 4. The van der Waals surface area contributed by atoms with Gasteiger partial charge in [0.05, 0.1) is 35.5 Å². The largest absolute Gasteiger partial charge is 0.505 e. The monoisotopic (exact) mass is 862 g/mol. The van der Waals surface area contributed by atoms with E-state index in [1.165, 1.54) is 53.2 Å². The van der Waals surface area contributed by atoms with Gasteiger partial charge < -0.3 is 44.0 Å². The molecule has 14 nitrogen and oxygen atoms in total. The molecular formula is C43H47BrN2O12. The van der Waals surface area contributed by atoms with Crippen molar-refractivity contribution < 1.29 is 53.1 Å². The van der Waals surface area contributed by atoms with Gasteiger partial charge in [0.25, 0.3) is 11.7 Å². The van der Waals surface area contributed by atoms with Crippen molar-refractivity contribution in [3.05, 3.63) is 80.2 Å². The fourth-order valence-corrected chi connectivity index (χ4v) is 8.13. The van der Waals surface area contributed by atoms with E-state index in [0.29, 0.717) is 9.99 Å². The Bertz CT molecular complexity index is 2490. The third kappa shape index (κ3) is 7.51. The number of carbonyl (C=O) groups is 3. The molecule has 4 N–H and O–H groups in total. The van der Waals surface area contributed by atoms with Crippen molar-refractivity contribution in [2.75, 3.05) is 12.4 Å². The molecule has 3 heterocycles. The minimum atomic E-state index is -2.03. The molecule has 0 unspecified atom stereocenters. The number of rotatable bonds is 2. The van der Waals surface area contributed by atoms with Crippen LogP contribution in [0.2, 0.25) is 0 Å². The Morgan fingerprint density at radius 3 is 2.38 bits per heavy atom. The molecule has 0 saturated carbocycles. The maximum absolute atomic E-state index is 14.6. The number of allylic oxidation sites excluding steroid dienone is 2. The van der Waals surface area contributed by atoms with Crippen LogP contribution < -0.4 is 15.5 Å². The minimum Gasteiger partial charge on any atom is -0.505 e. The fraction of sp³-hybridized carbons (Fsp3) is 0.419. The Hall–Kier alpha value is -5.09. The number of carbonyl (C=O) groups excluding carboxylic acids is 3. The summed E-state index contributed by atoms with van der Waals surface area (Å²) in [6.07, 6.45) is 3.63. The maximum atomic E-state index is 14.6. The highest BCUT2D eigenvalue weighted by Crippen LogP contribution is 2.48. The molecule has 9 atom stereocenters. The highest BCUT2D eigenvalue weighted by atomic mass is 79.9. The molecule has 0 aliphatic carbocycles. The van der Waals surface area contributed by atoms with Gasteiger partial charge in [0.15, 0.2) is 22.3 Å². The molecule has 1 aromatic heterocycles. The zero-order valence-corrected chi connectivity index (χ0v) is 35.2. The van der Waals surface area contributed by atoms with Gasteiger partial charge in [-0.15, -0.1) is 0 Å². The summed E-state index contributed by atoms with van der Waals surface area (Å²) in [5, 5.41) is 37.1. The van der Waals surface area contributed by atoms with Crippen LogP contribution in [0.5, 0.6) is 11.5 Å². The predicted molar refractivity (Wildman–Crippen MR) is 220 cm³/mol. The topological polar surface area (TPSA) is 204 Å². The number of halogens is 1. The smallest absolute Gasteiger partial charge is 0.312 e. The van der Waals surface area contributed by atoms with Crippen LogP contribution in [-0.2, 0) is 23.8 Å². The quantitative estimate of drug-likeness (QED) is 0.0713. The number of hydrogen-bond acceptors (Lipinski definition) is 13. The van der Waals surface area contributed by atoms with Gasteiger partial charge in [-0.25, -0.2) is 4.98 Å². The van der Waals surface area contributed by atoms with E-state index in [2.05, 4.69) is 21.2 Å². The number of nitrogens with one attached hydrogen (secondary N) is 1. The lowest BCUT2D eigenvalue weighted by Crippen LogP contribution is -2.46. The van der Waals surface area contributed by atoms with Gasteiger partial charge in [0, 0.05) is 65.6 Å². The summed E-state index contributed by atoms with van der Waals surface area (Å²) in [6, 6.07) is 5.03. The van der Waals surface area contributed by atoms with Crippen molar-refractivity contribution >= 4 is 72.2 Å². The molecule has 0 saturated heterocycles. The molecular weight excluding hydrogens is 816 g/mol. The van der Waals surface area contributed by atoms with E-state index in [1.54, 1.807) is 58.0 Å². The van der Waals surface area contributed by atoms with Gasteiger partial charge in [-0.3, -0.25) is 19.2 Å². The average molecular weight is 864 g/mol. The summed E-state index contributed by atoms with van der Waals surface area (Å²) in [6.45, 7) is 12.6. The molecule has 0 spiro atoms. The number of aromatic hydroxyl groups is 1. The first-order valence-electron chi connectivity index (χ1n) is 18.9. The van der Waals surface area contributed by atoms with Crippen molar-refractivity contribution in [3.63, 3.8) is 0 Å². The first-order chi connectivity index (χ1) is 27.3. The molecule has 58 heavy (non-hydrogen) atoms. The van der Waals surface area contributed by atoms with Crippen LogP contribution in [0.4, 0.5) is 5.69 Å². The van der Waals surface area contributed by atoms with Gasteiger partial charge in [-0.2, -0.15) is 0 Å². The van der Waals surface area contributed by atoms with Gasteiger partial charge >= 0.3 is 11.8 Å². The van der Waals surface area contributed by atoms with Crippen molar-refractivity contribution in [2.45, 2.75) is 85.6 Å². The Kier molecular flexibility index (Phi) is 11.9. The molecule has 0 radical (unpaired) electrons. The van der Waals surface area contributed by atoms with Crippen LogP contribution in [0.25, 0.3) is 33.0 Å². The van der Waals surface area contributed by atoms with Crippen molar-refractivity contribution in [1.29, 1.82) is 0 Å². The normalized spacial score (nSPS) is 30.4. The van der Waals surface area contributed by atoms with Crippen molar-refractivity contribution in [2.24, 2.45) is 23.7 Å². The highest BCUT2D eigenvalue weighted by molar-refractivity contribution is 9.10. The zero-order chi connectivity index (χ0) is 42.5. The number of Topliss-reactive ketones (excluding diaryl/α,β-unsaturated/α-hetero) is 1. The first kappa shape index (κ1) is 42.5. The van der Waals surface area contributed by atoms with Crippen LogP contribution in [-0.4, -0.2) is 75.3 Å². The summed E-state index contributed by atoms with van der Waals surface area (Å²) in [4.78, 5) is 59.6. The molecule has 2 aliphatic rings. The molecule has 4 bridgehead atoms. The molecule has 15 heteroatoms. The summed E-state index contributed by atoms with van der Waals surface area (Å²) >= 11 is 3.44. The summed E-state index contributed by atoms with van der Waals surface area (Å²) in [5.74, 6) is -7.16. The van der Waals surface area contributed by atoms with E-state index in [1.807, 2.05) is 0 Å². The van der Waals surface area contributed by atoms with Crippen molar-refractivity contribution in [3.8, 4) is 11.5 Å². The number of amides is 1. The number of phenols is 1. The van der Waals surface area contributed by atoms with Crippen LogP contribution in [0.15, 0.2) is 68.0 Å². The standard InChI is InChI=1S/C43H47BrN2O12/c1-18-11-10-12-19(2)42(53)46-33-37(51)30-29(32-40(33)57-28-14-13-25(44)17-26(28)45-32)31-39(23(6)36(30)50)58-43(8,41(31)52)55-16-15-27(54-9)20(3)38(56-24(7)47)22(5)35(49)21(4)34(18)48/h10-18,20-22,27,34-35,38,48-49,51H,1-9H3,(H,46,53)/b11-10+,16-15+,19-12-/t18-,20+,21+,22+,27-,34-,35+,38+,43-/m0/s1. The molecule has 0 fully saturated rings.